The summed E-state index contributed by atoms with van der Waals surface area (Å²) in [5.41, 5.74) is 0.402. The average Bonchev–Trinajstić information content (AvgIpc) is 3.01. The van der Waals surface area contributed by atoms with E-state index in [2.05, 4.69) is 15.2 Å². The van der Waals surface area contributed by atoms with Crippen molar-refractivity contribution in [1.29, 1.82) is 0 Å². The first-order chi connectivity index (χ1) is 15.5. The SMILES string of the molecule is CCOC(=O)c1ccc(N2CCCN(CC(=O)NCCc3c(F)cccc3F)CC2)nc1. The van der Waals surface area contributed by atoms with Gasteiger partial charge in [0.05, 0.1) is 18.7 Å². The number of aromatic nitrogens is 1. The van der Waals surface area contributed by atoms with Crippen LogP contribution in [-0.4, -0.2) is 67.6 Å². The molecule has 2 aromatic rings. The highest BCUT2D eigenvalue weighted by Gasteiger charge is 2.19. The van der Waals surface area contributed by atoms with Crippen LogP contribution in [0.3, 0.4) is 0 Å². The Kier molecular flexibility index (Phi) is 8.49. The lowest BCUT2D eigenvalue weighted by Crippen LogP contribution is -2.40. The molecule has 0 bridgehead atoms. The van der Waals surface area contributed by atoms with E-state index in [1.165, 1.54) is 24.4 Å². The van der Waals surface area contributed by atoms with Crippen LogP contribution in [-0.2, 0) is 16.0 Å². The second-order valence-corrected chi connectivity index (χ2v) is 7.54. The molecule has 1 aliphatic rings. The van der Waals surface area contributed by atoms with Gasteiger partial charge in [-0.2, -0.15) is 0 Å². The number of nitrogens with zero attached hydrogens (tertiary/aromatic N) is 3. The highest BCUT2D eigenvalue weighted by atomic mass is 19.1. The first-order valence-electron chi connectivity index (χ1n) is 10.8. The summed E-state index contributed by atoms with van der Waals surface area (Å²) in [4.78, 5) is 32.6. The van der Waals surface area contributed by atoms with Crippen LogP contribution in [0.4, 0.5) is 14.6 Å². The number of esters is 1. The zero-order valence-corrected chi connectivity index (χ0v) is 18.2. The Labute approximate surface area is 186 Å². The van der Waals surface area contributed by atoms with Crippen LogP contribution in [0.1, 0.15) is 29.3 Å². The Hall–Kier alpha value is -3.07. The van der Waals surface area contributed by atoms with Crippen LogP contribution >= 0.6 is 0 Å². The summed E-state index contributed by atoms with van der Waals surface area (Å²) in [5.74, 6) is -0.993. The number of rotatable bonds is 8. The zero-order valence-electron chi connectivity index (χ0n) is 18.2. The highest BCUT2D eigenvalue weighted by molar-refractivity contribution is 5.89. The number of nitrogens with one attached hydrogen (secondary N) is 1. The van der Waals surface area contributed by atoms with Crippen molar-refractivity contribution in [3.8, 4) is 0 Å². The maximum absolute atomic E-state index is 13.7. The van der Waals surface area contributed by atoms with Crippen molar-refractivity contribution < 1.29 is 23.1 Å². The summed E-state index contributed by atoms with van der Waals surface area (Å²) >= 11 is 0. The van der Waals surface area contributed by atoms with Gasteiger partial charge in [0.25, 0.3) is 0 Å². The molecule has 2 heterocycles. The van der Waals surface area contributed by atoms with Crippen molar-refractivity contribution in [2.75, 3.05) is 50.8 Å². The summed E-state index contributed by atoms with van der Waals surface area (Å²) in [6.45, 7) is 5.39. The molecule has 1 fully saturated rings. The molecule has 172 valence electrons. The van der Waals surface area contributed by atoms with Gasteiger partial charge in [-0.25, -0.2) is 18.6 Å². The number of carbonyl (C=O) groups excluding carboxylic acids is 2. The topological polar surface area (TPSA) is 74.8 Å². The molecule has 0 atom stereocenters. The second-order valence-electron chi connectivity index (χ2n) is 7.54. The zero-order chi connectivity index (χ0) is 22.9. The molecule has 1 aliphatic heterocycles. The normalized spacial score (nSPS) is 14.7. The van der Waals surface area contributed by atoms with E-state index in [0.717, 1.165) is 25.3 Å². The fraction of sp³-hybridized carbons (Fsp3) is 0.435. The lowest BCUT2D eigenvalue weighted by Gasteiger charge is -2.22. The van der Waals surface area contributed by atoms with Gasteiger partial charge in [0.1, 0.15) is 17.5 Å². The molecule has 9 heteroatoms. The number of hydrogen-bond acceptors (Lipinski definition) is 6. The molecule has 1 N–H and O–H groups in total. The summed E-state index contributed by atoms with van der Waals surface area (Å²) in [5, 5.41) is 2.74. The Bertz CT molecular complexity index is 904. The van der Waals surface area contributed by atoms with Crippen molar-refractivity contribution in [1.82, 2.24) is 15.2 Å². The van der Waals surface area contributed by atoms with Gasteiger partial charge >= 0.3 is 5.97 Å². The lowest BCUT2D eigenvalue weighted by molar-refractivity contribution is -0.122. The van der Waals surface area contributed by atoms with Crippen molar-refractivity contribution in [2.24, 2.45) is 0 Å². The lowest BCUT2D eigenvalue weighted by atomic mass is 10.1. The summed E-state index contributed by atoms with van der Waals surface area (Å²) < 4.78 is 32.3. The monoisotopic (exact) mass is 446 g/mol. The van der Waals surface area contributed by atoms with Crippen LogP contribution in [0.25, 0.3) is 0 Å². The second kappa shape index (κ2) is 11.5. The average molecular weight is 446 g/mol. The van der Waals surface area contributed by atoms with Gasteiger partial charge in [-0.1, -0.05) is 6.07 Å². The molecule has 1 amide bonds. The number of halogens is 2. The molecule has 0 spiro atoms. The summed E-state index contributed by atoms with van der Waals surface area (Å²) in [6.07, 6.45) is 2.47. The number of benzene rings is 1. The van der Waals surface area contributed by atoms with E-state index in [9.17, 15) is 18.4 Å². The fourth-order valence-corrected chi connectivity index (χ4v) is 3.62. The highest BCUT2D eigenvalue weighted by Crippen LogP contribution is 2.15. The predicted molar refractivity (Wildman–Crippen MR) is 117 cm³/mol. The Morgan fingerprint density at radius 2 is 1.88 bits per heavy atom. The number of anilines is 1. The summed E-state index contributed by atoms with van der Waals surface area (Å²) in [6, 6.07) is 7.25. The minimum atomic E-state index is -0.601. The predicted octanol–water partition coefficient (Wildman–Crippen LogP) is 2.41. The van der Waals surface area contributed by atoms with E-state index < -0.39 is 17.6 Å². The molecule has 0 aliphatic carbocycles. The molecule has 0 saturated carbocycles. The van der Waals surface area contributed by atoms with Gasteiger partial charge in [-0.15, -0.1) is 0 Å². The van der Waals surface area contributed by atoms with E-state index in [1.54, 1.807) is 19.1 Å². The minimum absolute atomic E-state index is 0.0142. The third-order valence-corrected chi connectivity index (χ3v) is 5.30. The van der Waals surface area contributed by atoms with E-state index in [4.69, 9.17) is 4.74 Å². The number of carbonyl (C=O) groups is 2. The molecular formula is C23H28F2N4O3. The van der Waals surface area contributed by atoms with Gasteiger partial charge in [0.15, 0.2) is 0 Å². The number of amides is 1. The molecule has 0 radical (unpaired) electrons. The van der Waals surface area contributed by atoms with E-state index >= 15 is 0 Å². The van der Waals surface area contributed by atoms with Gasteiger partial charge in [-0.3, -0.25) is 9.69 Å². The third kappa shape index (κ3) is 6.46. The number of pyridine rings is 1. The van der Waals surface area contributed by atoms with E-state index in [-0.39, 0.29) is 31.0 Å². The van der Waals surface area contributed by atoms with Gasteiger partial charge in [-0.05, 0) is 44.0 Å². The van der Waals surface area contributed by atoms with Crippen LogP contribution in [0.5, 0.6) is 0 Å². The minimum Gasteiger partial charge on any atom is -0.462 e. The molecule has 1 aromatic heterocycles. The molecular weight excluding hydrogens is 418 g/mol. The van der Waals surface area contributed by atoms with Crippen molar-refractivity contribution >= 4 is 17.7 Å². The molecule has 3 rings (SSSR count). The third-order valence-electron chi connectivity index (χ3n) is 5.30. The van der Waals surface area contributed by atoms with Crippen molar-refractivity contribution in [3.63, 3.8) is 0 Å². The van der Waals surface area contributed by atoms with Gasteiger partial charge < -0.3 is 15.0 Å². The van der Waals surface area contributed by atoms with E-state index in [0.29, 0.717) is 25.3 Å². The quantitative estimate of drug-likeness (QED) is 0.628. The Morgan fingerprint density at radius 1 is 1.09 bits per heavy atom. The molecule has 7 nitrogen and oxygen atoms in total. The molecule has 0 unspecified atom stereocenters. The van der Waals surface area contributed by atoms with Crippen LogP contribution in [0.15, 0.2) is 36.5 Å². The number of ether oxygens (including phenoxy) is 1. The van der Waals surface area contributed by atoms with Gasteiger partial charge in [0, 0.05) is 44.5 Å². The summed E-state index contributed by atoms with van der Waals surface area (Å²) in [7, 11) is 0. The maximum Gasteiger partial charge on any atom is 0.339 e. The Balaban J connectivity index is 1.44. The first kappa shape index (κ1) is 23.6. The van der Waals surface area contributed by atoms with Crippen LogP contribution in [0.2, 0.25) is 0 Å². The largest absolute Gasteiger partial charge is 0.462 e. The smallest absolute Gasteiger partial charge is 0.339 e. The number of hydrogen-bond donors (Lipinski definition) is 1. The van der Waals surface area contributed by atoms with Crippen LogP contribution in [0, 0.1) is 11.6 Å². The molecule has 32 heavy (non-hydrogen) atoms. The van der Waals surface area contributed by atoms with Crippen molar-refractivity contribution in [3.05, 3.63) is 59.3 Å². The maximum atomic E-state index is 13.7. The standard InChI is InChI=1S/C23H28F2N4O3/c1-2-32-23(31)17-7-8-21(27-15-17)29-12-4-11-28(13-14-29)16-22(30)26-10-9-18-19(24)5-3-6-20(18)25/h3,5-8,15H,2,4,9-14,16H2,1H3,(H,26,30). The van der Waals surface area contributed by atoms with Crippen LogP contribution < -0.4 is 10.2 Å². The fourth-order valence-electron chi connectivity index (χ4n) is 3.62. The Morgan fingerprint density at radius 3 is 2.56 bits per heavy atom. The van der Waals surface area contributed by atoms with E-state index in [1.807, 2.05) is 4.90 Å². The molecule has 1 aromatic carbocycles. The van der Waals surface area contributed by atoms with Crippen molar-refractivity contribution in [2.45, 2.75) is 19.8 Å². The van der Waals surface area contributed by atoms with Gasteiger partial charge in [0.2, 0.25) is 5.91 Å². The first-order valence-corrected chi connectivity index (χ1v) is 10.8. The molecule has 1 saturated heterocycles.